The molecule has 1 unspecified atom stereocenters. The van der Waals surface area contributed by atoms with Crippen LogP contribution in [0.4, 0.5) is 5.69 Å². The highest BCUT2D eigenvalue weighted by Crippen LogP contribution is 2.17. The summed E-state index contributed by atoms with van der Waals surface area (Å²) in [6.07, 6.45) is 4.10. The molecule has 6 heteroatoms. The quantitative estimate of drug-likeness (QED) is 0.818. The molecule has 1 aromatic heterocycles. The molecule has 5 nitrogen and oxygen atoms in total. The fourth-order valence-electron chi connectivity index (χ4n) is 3.21. The molecule has 1 aromatic carbocycles. The van der Waals surface area contributed by atoms with Gasteiger partial charge in [-0.25, -0.2) is 0 Å². The van der Waals surface area contributed by atoms with E-state index in [4.69, 9.17) is 5.73 Å². The van der Waals surface area contributed by atoms with E-state index in [2.05, 4.69) is 11.4 Å². The van der Waals surface area contributed by atoms with Crippen molar-refractivity contribution in [1.29, 1.82) is 0 Å². The molecule has 0 aliphatic carbocycles. The summed E-state index contributed by atoms with van der Waals surface area (Å²) < 4.78 is 0. The second kappa shape index (κ2) is 8.96. The third-order valence-corrected chi connectivity index (χ3v) is 5.48. The van der Waals surface area contributed by atoms with Crippen LogP contribution >= 0.6 is 11.3 Å². The Labute approximate surface area is 158 Å². The summed E-state index contributed by atoms with van der Waals surface area (Å²) in [5, 5.41) is 4.95. The number of aryl methyl sites for hydroxylation is 1. The molecule has 1 saturated heterocycles. The zero-order valence-electron chi connectivity index (χ0n) is 14.8. The second-order valence-corrected chi connectivity index (χ2v) is 7.75. The van der Waals surface area contributed by atoms with Crippen molar-refractivity contribution in [2.24, 2.45) is 5.73 Å². The van der Waals surface area contributed by atoms with Gasteiger partial charge in [0.05, 0.1) is 0 Å². The van der Waals surface area contributed by atoms with E-state index in [0.717, 1.165) is 32.2 Å². The lowest BCUT2D eigenvalue weighted by Gasteiger charge is -2.30. The van der Waals surface area contributed by atoms with Crippen LogP contribution in [0.25, 0.3) is 0 Å². The van der Waals surface area contributed by atoms with Gasteiger partial charge in [-0.05, 0) is 55.3 Å². The van der Waals surface area contributed by atoms with Crippen molar-refractivity contribution in [3.8, 4) is 0 Å². The molecule has 1 aliphatic heterocycles. The van der Waals surface area contributed by atoms with Crippen LogP contribution in [0.5, 0.6) is 0 Å². The van der Waals surface area contributed by atoms with Gasteiger partial charge < -0.3 is 16.0 Å². The Hall–Kier alpha value is -2.18. The van der Waals surface area contributed by atoms with E-state index in [9.17, 15) is 9.59 Å². The van der Waals surface area contributed by atoms with E-state index < -0.39 is 0 Å². The van der Waals surface area contributed by atoms with Crippen molar-refractivity contribution in [1.82, 2.24) is 4.90 Å². The van der Waals surface area contributed by atoms with Crippen molar-refractivity contribution in [2.75, 3.05) is 18.4 Å². The Morgan fingerprint density at radius 3 is 2.92 bits per heavy atom. The van der Waals surface area contributed by atoms with Crippen molar-refractivity contribution in [3.63, 3.8) is 0 Å². The van der Waals surface area contributed by atoms with E-state index in [0.29, 0.717) is 24.2 Å². The van der Waals surface area contributed by atoms with Crippen LogP contribution < -0.4 is 11.1 Å². The number of nitrogens with one attached hydrogen (secondary N) is 1. The highest BCUT2D eigenvalue weighted by molar-refractivity contribution is 7.09. The third kappa shape index (κ3) is 5.16. The maximum Gasteiger partial charge on any atom is 0.253 e. The van der Waals surface area contributed by atoms with Crippen LogP contribution in [0.1, 0.15) is 40.9 Å². The van der Waals surface area contributed by atoms with Crippen LogP contribution in [0, 0.1) is 0 Å². The number of hydrogen-bond donors (Lipinski definition) is 2. The highest BCUT2D eigenvalue weighted by atomic mass is 32.1. The summed E-state index contributed by atoms with van der Waals surface area (Å²) in [5.74, 6) is -0.0416. The Bertz CT molecular complexity index is 745. The monoisotopic (exact) mass is 371 g/mol. The van der Waals surface area contributed by atoms with Crippen molar-refractivity contribution >= 4 is 28.8 Å². The van der Waals surface area contributed by atoms with Crippen LogP contribution in [-0.4, -0.2) is 35.8 Å². The number of hydrogen-bond acceptors (Lipinski definition) is 4. The number of nitrogens with two attached hydrogens (primary N) is 1. The van der Waals surface area contributed by atoms with Crippen molar-refractivity contribution < 1.29 is 9.59 Å². The van der Waals surface area contributed by atoms with Crippen molar-refractivity contribution in [2.45, 2.75) is 38.1 Å². The first-order chi connectivity index (χ1) is 12.6. The standard InChI is InChI=1S/C20H25N3O2S/c21-16-6-3-11-23(14-16)20(25)15-5-1-7-17(13-15)22-19(24)10-2-8-18-9-4-12-26-18/h1,4-5,7,9,12-13,16H,2-3,6,8,10-11,14,21H2,(H,22,24). The number of anilines is 1. The molecule has 0 radical (unpaired) electrons. The summed E-state index contributed by atoms with van der Waals surface area (Å²) in [6, 6.07) is 11.3. The molecule has 3 N–H and O–H groups in total. The Morgan fingerprint density at radius 1 is 1.27 bits per heavy atom. The van der Waals surface area contributed by atoms with Crippen LogP contribution in [0.3, 0.4) is 0 Å². The predicted molar refractivity (Wildman–Crippen MR) is 105 cm³/mol. The van der Waals surface area contributed by atoms with Gasteiger partial charge in [0.2, 0.25) is 5.91 Å². The second-order valence-electron chi connectivity index (χ2n) is 6.72. The lowest BCUT2D eigenvalue weighted by Crippen LogP contribution is -2.45. The molecular formula is C20H25N3O2S. The number of rotatable bonds is 6. The van der Waals surface area contributed by atoms with Gasteiger partial charge in [0.25, 0.3) is 5.91 Å². The van der Waals surface area contributed by atoms with Gasteiger partial charge in [0.1, 0.15) is 0 Å². The summed E-state index contributed by atoms with van der Waals surface area (Å²) in [4.78, 5) is 27.9. The first-order valence-electron chi connectivity index (χ1n) is 9.09. The molecule has 0 saturated carbocycles. The van der Waals surface area contributed by atoms with Gasteiger partial charge in [-0.15, -0.1) is 11.3 Å². The summed E-state index contributed by atoms with van der Waals surface area (Å²) in [7, 11) is 0. The van der Waals surface area contributed by atoms with Crippen LogP contribution in [0.15, 0.2) is 41.8 Å². The predicted octanol–water partition coefficient (Wildman–Crippen LogP) is 3.27. The van der Waals surface area contributed by atoms with E-state index in [1.807, 2.05) is 17.5 Å². The van der Waals surface area contributed by atoms with Gasteiger partial charge >= 0.3 is 0 Å². The van der Waals surface area contributed by atoms with E-state index >= 15 is 0 Å². The largest absolute Gasteiger partial charge is 0.337 e. The number of carbonyl (C=O) groups excluding carboxylic acids is 2. The number of carbonyl (C=O) groups is 2. The van der Waals surface area contributed by atoms with Gasteiger partial charge in [0, 0.05) is 41.7 Å². The zero-order chi connectivity index (χ0) is 18.4. The SMILES string of the molecule is NC1CCCN(C(=O)c2cccc(NC(=O)CCCc3cccs3)c2)C1. The Kier molecular flexibility index (Phi) is 6.41. The fraction of sp³-hybridized carbons (Fsp3) is 0.400. The summed E-state index contributed by atoms with van der Waals surface area (Å²) in [6.45, 7) is 1.34. The smallest absolute Gasteiger partial charge is 0.253 e. The summed E-state index contributed by atoms with van der Waals surface area (Å²) >= 11 is 1.71. The number of piperidine rings is 1. The van der Waals surface area contributed by atoms with Crippen molar-refractivity contribution in [3.05, 3.63) is 52.2 Å². The minimum Gasteiger partial charge on any atom is -0.337 e. The third-order valence-electron chi connectivity index (χ3n) is 4.55. The maximum atomic E-state index is 12.6. The van der Waals surface area contributed by atoms with Crippen LogP contribution in [-0.2, 0) is 11.2 Å². The van der Waals surface area contributed by atoms with E-state index in [1.165, 1.54) is 4.88 Å². The van der Waals surface area contributed by atoms with E-state index in [-0.39, 0.29) is 17.9 Å². The molecular weight excluding hydrogens is 346 g/mol. The fourth-order valence-corrected chi connectivity index (χ4v) is 3.96. The minimum atomic E-state index is -0.0221. The molecule has 138 valence electrons. The maximum absolute atomic E-state index is 12.6. The van der Waals surface area contributed by atoms with Gasteiger partial charge in [0.15, 0.2) is 0 Å². The molecule has 2 aromatic rings. The Morgan fingerprint density at radius 2 is 2.15 bits per heavy atom. The first kappa shape index (κ1) is 18.6. The molecule has 0 bridgehead atoms. The topological polar surface area (TPSA) is 75.4 Å². The first-order valence-corrected chi connectivity index (χ1v) is 9.97. The number of thiophene rings is 1. The molecule has 1 fully saturated rings. The molecule has 0 spiro atoms. The number of nitrogens with zero attached hydrogens (tertiary/aromatic N) is 1. The lowest BCUT2D eigenvalue weighted by atomic mass is 10.1. The Balaban J connectivity index is 1.53. The average Bonchev–Trinajstić information content (AvgIpc) is 3.15. The van der Waals surface area contributed by atoms with Crippen LogP contribution in [0.2, 0.25) is 0 Å². The lowest BCUT2D eigenvalue weighted by molar-refractivity contribution is -0.116. The van der Waals surface area contributed by atoms with Gasteiger partial charge in [-0.1, -0.05) is 12.1 Å². The number of benzene rings is 1. The molecule has 1 aliphatic rings. The molecule has 26 heavy (non-hydrogen) atoms. The van der Waals surface area contributed by atoms with Gasteiger partial charge in [-0.3, -0.25) is 9.59 Å². The van der Waals surface area contributed by atoms with E-state index in [1.54, 1.807) is 34.4 Å². The molecule has 2 amide bonds. The van der Waals surface area contributed by atoms with Gasteiger partial charge in [-0.2, -0.15) is 0 Å². The average molecular weight is 372 g/mol. The number of likely N-dealkylation sites (tertiary alicyclic amines) is 1. The summed E-state index contributed by atoms with van der Waals surface area (Å²) in [5.41, 5.74) is 7.23. The molecule has 2 heterocycles. The number of amides is 2. The zero-order valence-corrected chi connectivity index (χ0v) is 15.6. The minimum absolute atomic E-state index is 0.0195. The molecule has 1 atom stereocenters. The highest BCUT2D eigenvalue weighted by Gasteiger charge is 2.22. The normalized spacial score (nSPS) is 17.1. The molecule has 3 rings (SSSR count).